The molecule has 1 saturated heterocycles. The quantitative estimate of drug-likeness (QED) is 0.793. The molecule has 0 aromatic heterocycles. The first-order valence-electron chi connectivity index (χ1n) is 4.60. The molecule has 1 amide bonds. The zero-order valence-electron chi connectivity index (χ0n) is 8.00. The smallest absolute Gasteiger partial charge is 0.253 e. The number of halogens is 1. The Morgan fingerprint density at radius 2 is 2.27 bits per heavy atom. The highest BCUT2D eigenvalue weighted by Crippen LogP contribution is 2.18. The first kappa shape index (κ1) is 10.4. The van der Waals surface area contributed by atoms with E-state index in [2.05, 4.69) is 21.2 Å². The zero-order chi connectivity index (χ0) is 10.8. The van der Waals surface area contributed by atoms with Gasteiger partial charge in [0.1, 0.15) is 0 Å². The van der Waals surface area contributed by atoms with E-state index in [4.69, 9.17) is 10.5 Å². The van der Waals surface area contributed by atoms with E-state index in [9.17, 15) is 4.79 Å². The molecular formula is C10H11BrN2O2. The lowest BCUT2D eigenvalue weighted by Gasteiger charge is -2.26. The summed E-state index contributed by atoms with van der Waals surface area (Å²) in [6.45, 7) is 1.17. The third-order valence-electron chi connectivity index (χ3n) is 2.23. The van der Waals surface area contributed by atoms with Crippen LogP contribution in [0.15, 0.2) is 22.7 Å². The van der Waals surface area contributed by atoms with E-state index in [0.29, 0.717) is 24.5 Å². The van der Waals surface area contributed by atoms with Crippen LogP contribution in [-0.2, 0) is 4.74 Å². The number of nitrogens with two attached hydrogens (primary N) is 1. The number of ether oxygens (including phenoxy) is 1. The molecule has 1 heterocycles. The standard InChI is InChI=1S/C10H11BrN2O2/c11-6-1-2-8(9(12)3-6)10(14)13-7-4-15-5-7/h1-3,7H,4-5,12H2,(H,13,14). The minimum absolute atomic E-state index is 0.126. The molecule has 15 heavy (non-hydrogen) atoms. The number of benzene rings is 1. The van der Waals surface area contributed by atoms with Crippen LogP contribution in [0.2, 0.25) is 0 Å². The van der Waals surface area contributed by atoms with Crippen molar-refractivity contribution in [1.29, 1.82) is 0 Å². The van der Waals surface area contributed by atoms with Gasteiger partial charge in [-0.15, -0.1) is 0 Å². The molecule has 4 nitrogen and oxygen atoms in total. The Kier molecular flexibility index (Phi) is 2.93. The molecule has 1 aliphatic heterocycles. The molecule has 80 valence electrons. The monoisotopic (exact) mass is 270 g/mol. The molecule has 1 aromatic carbocycles. The Morgan fingerprint density at radius 3 is 2.80 bits per heavy atom. The molecule has 2 rings (SSSR count). The van der Waals surface area contributed by atoms with Crippen LogP contribution >= 0.6 is 15.9 Å². The van der Waals surface area contributed by atoms with Gasteiger partial charge >= 0.3 is 0 Å². The topological polar surface area (TPSA) is 64.4 Å². The summed E-state index contributed by atoms with van der Waals surface area (Å²) in [6.07, 6.45) is 0. The minimum Gasteiger partial charge on any atom is -0.398 e. The van der Waals surface area contributed by atoms with Crippen molar-refractivity contribution in [2.75, 3.05) is 18.9 Å². The Hall–Kier alpha value is -1.07. The van der Waals surface area contributed by atoms with Gasteiger partial charge in [0.15, 0.2) is 0 Å². The van der Waals surface area contributed by atoms with Crippen LogP contribution in [0.25, 0.3) is 0 Å². The van der Waals surface area contributed by atoms with E-state index in [-0.39, 0.29) is 11.9 Å². The van der Waals surface area contributed by atoms with E-state index in [1.807, 2.05) is 0 Å². The van der Waals surface area contributed by atoms with Gasteiger partial charge < -0.3 is 15.8 Å². The highest BCUT2D eigenvalue weighted by molar-refractivity contribution is 9.10. The lowest BCUT2D eigenvalue weighted by atomic mass is 10.1. The van der Waals surface area contributed by atoms with Crippen molar-refractivity contribution in [1.82, 2.24) is 5.32 Å². The van der Waals surface area contributed by atoms with Crippen LogP contribution in [0.3, 0.4) is 0 Å². The van der Waals surface area contributed by atoms with Crippen molar-refractivity contribution in [3.63, 3.8) is 0 Å². The SMILES string of the molecule is Nc1cc(Br)ccc1C(=O)NC1COC1. The van der Waals surface area contributed by atoms with Gasteiger partial charge in [0.25, 0.3) is 5.91 Å². The van der Waals surface area contributed by atoms with Gasteiger partial charge in [0, 0.05) is 10.2 Å². The van der Waals surface area contributed by atoms with E-state index < -0.39 is 0 Å². The summed E-state index contributed by atoms with van der Waals surface area (Å²) in [7, 11) is 0. The van der Waals surface area contributed by atoms with Crippen molar-refractivity contribution in [2.45, 2.75) is 6.04 Å². The average Bonchev–Trinajstić information content (AvgIpc) is 2.11. The van der Waals surface area contributed by atoms with Crippen molar-refractivity contribution in [3.05, 3.63) is 28.2 Å². The maximum atomic E-state index is 11.7. The van der Waals surface area contributed by atoms with E-state index >= 15 is 0 Å². The van der Waals surface area contributed by atoms with Crippen LogP contribution < -0.4 is 11.1 Å². The first-order chi connectivity index (χ1) is 7.16. The number of nitrogens with one attached hydrogen (secondary N) is 1. The molecule has 1 fully saturated rings. The molecule has 0 aliphatic carbocycles. The third-order valence-corrected chi connectivity index (χ3v) is 2.72. The molecule has 1 aliphatic rings. The van der Waals surface area contributed by atoms with Crippen LogP contribution in [0.1, 0.15) is 10.4 Å². The van der Waals surface area contributed by atoms with Crippen LogP contribution in [0, 0.1) is 0 Å². The zero-order valence-corrected chi connectivity index (χ0v) is 9.58. The van der Waals surface area contributed by atoms with Gasteiger partial charge in [-0.1, -0.05) is 15.9 Å². The summed E-state index contributed by atoms with van der Waals surface area (Å²) in [5.74, 6) is -0.145. The summed E-state index contributed by atoms with van der Waals surface area (Å²) in [6, 6.07) is 5.34. The summed E-state index contributed by atoms with van der Waals surface area (Å²) in [5.41, 5.74) is 6.71. The Morgan fingerprint density at radius 1 is 1.53 bits per heavy atom. The number of carbonyl (C=O) groups excluding carboxylic acids is 1. The molecule has 0 bridgehead atoms. The second-order valence-corrected chi connectivity index (χ2v) is 4.36. The largest absolute Gasteiger partial charge is 0.398 e. The number of hydrogen-bond acceptors (Lipinski definition) is 3. The molecule has 5 heteroatoms. The predicted octanol–water partition coefficient (Wildman–Crippen LogP) is 1.16. The maximum Gasteiger partial charge on any atom is 0.253 e. The summed E-state index contributed by atoms with van der Waals surface area (Å²) >= 11 is 3.29. The molecule has 0 radical (unpaired) electrons. The number of amides is 1. The van der Waals surface area contributed by atoms with Crippen molar-refractivity contribution >= 4 is 27.5 Å². The van der Waals surface area contributed by atoms with Gasteiger partial charge in [-0.2, -0.15) is 0 Å². The van der Waals surface area contributed by atoms with Gasteiger partial charge in [-0.05, 0) is 18.2 Å². The Bertz CT molecular complexity index is 391. The summed E-state index contributed by atoms with van der Waals surface area (Å²) in [5, 5.41) is 2.83. The Balaban J connectivity index is 2.10. The van der Waals surface area contributed by atoms with Gasteiger partial charge in [-0.3, -0.25) is 4.79 Å². The molecule has 0 saturated carbocycles. The fraction of sp³-hybridized carbons (Fsp3) is 0.300. The van der Waals surface area contributed by atoms with E-state index in [1.165, 1.54) is 0 Å². The fourth-order valence-electron chi connectivity index (χ4n) is 1.32. The van der Waals surface area contributed by atoms with E-state index in [1.54, 1.807) is 18.2 Å². The van der Waals surface area contributed by atoms with Crippen molar-refractivity contribution < 1.29 is 9.53 Å². The van der Waals surface area contributed by atoms with Gasteiger partial charge in [0.2, 0.25) is 0 Å². The number of hydrogen-bond donors (Lipinski definition) is 2. The van der Waals surface area contributed by atoms with E-state index in [0.717, 1.165) is 4.47 Å². The molecular weight excluding hydrogens is 260 g/mol. The fourth-order valence-corrected chi connectivity index (χ4v) is 1.70. The van der Waals surface area contributed by atoms with Crippen molar-refractivity contribution in [3.8, 4) is 0 Å². The molecule has 1 aromatic rings. The second-order valence-electron chi connectivity index (χ2n) is 3.44. The number of carbonyl (C=O) groups is 1. The highest BCUT2D eigenvalue weighted by Gasteiger charge is 2.21. The normalized spacial score (nSPS) is 15.8. The molecule has 0 atom stereocenters. The first-order valence-corrected chi connectivity index (χ1v) is 5.40. The van der Waals surface area contributed by atoms with Crippen LogP contribution in [0.4, 0.5) is 5.69 Å². The van der Waals surface area contributed by atoms with Gasteiger partial charge in [0.05, 0.1) is 24.8 Å². The lowest BCUT2D eigenvalue weighted by molar-refractivity contribution is -0.00344. The number of anilines is 1. The molecule has 0 unspecified atom stereocenters. The van der Waals surface area contributed by atoms with Gasteiger partial charge in [-0.25, -0.2) is 0 Å². The molecule has 0 spiro atoms. The number of rotatable bonds is 2. The molecule has 3 N–H and O–H groups in total. The maximum absolute atomic E-state index is 11.7. The highest BCUT2D eigenvalue weighted by atomic mass is 79.9. The Labute approximate surface area is 95.9 Å². The third kappa shape index (κ3) is 2.30. The summed E-state index contributed by atoms with van der Waals surface area (Å²) < 4.78 is 5.83. The average molecular weight is 271 g/mol. The predicted molar refractivity (Wildman–Crippen MR) is 60.6 cm³/mol. The van der Waals surface area contributed by atoms with Crippen LogP contribution in [0.5, 0.6) is 0 Å². The lowest BCUT2D eigenvalue weighted by Crippen LogP contribution is -2.48. The van der Waals surface area contributed by atoms with Crippen molar-refractivity contribution in [2.24, 2.45) is 0 Å². The minimum atomic E-state index is -0.145. The number of nitrogen functional groups attached to an aromatic ring is 1. The second kappa shape index (κ2) is 4.20. The van der Waals surface area contributed by atoms with Crippen LogP contribution in [-0.4, -0.2) is 25.2 Å². The summed E-state index contributed by atoms with van der Waals surface area (Å²) in [4.78, 5) is 11.7.